The van der Waals surface area contributed by atoms with E-state index in [0.717, 1.165) is 19.3 Å². The maximum atomic E-state index is 12.3. The van der Waals surface area contributed by atoms with Gasteiger partial charge in [-0.1, -0.05) is 6.42 Å². The number of rotatable bonds is 7. The summed E-state index contributed by atoms with van der Waals surface area (Å²) in [6, 6.07) is 6.13. The molecule has 2 rings (SSSR count). The maximum absolute atomic E-state index is 12.3. The summed E-state index contributed by atoms with van der Waals surface area (Å²) in [6.07, 6.45) is 3.05. The Bertz CT molecular complexity index is 628. The van der Waals surface area contributed by atoms with Crippen molar-refractivity contribution in [3.63, 3.8) is 0 Å². The van der Waals surface area contributed by atoms with Crippen molar-refractivity contribution in [2.24, 2.45) is 11.7 Å². The van der Waals surface area contributed by atoms with E-state index in [0.29, 0.717) is 18.0 Å². The molecule has 6 nitrogen and oxygen atoms in total. The third-order valence-corrected chi connectivity index (χ3v) is 6.00. The van der Waals surface area contributed by atoms with Gasteiger partial charge in [0, 0.05) is 18.7 Å². The van der Waals surface area contributed by atoms with Gasteiger partial charge in [0.05, 0.1) is 17.3 Å². The monoisotopic (exact) mass is 340 g/mol. The van der Waals surface area contributed by atoms with Crippen LogP contribution in [0.3, 0.4) is 0 Å². The molecule has 0 radical (unpaired) electrons. The number of ether oxygens (including phenoxy) is 1. The summed E-state index contributed by atoms with van der Waals surface area (Å²) in [4.78, 5) is 12.5. The van der Waals surface area contributed by atoms with Crippen molar-refractivity contribution in [1.82, 2.24) is 5.32 Å². The van der Waals surface area contributed by atoms with Crippen LogP contribution in [0.25, 0.3) is 0 Å². The molecule has 3 N–H and O–H groups in total. The summed E-state index contributed by atoms with van der Waals surface area (Å²) >= 11 is 0. The molecule has 0 aromatic heterocycles. The van der Waals surface area contributed by atoms with Gasteiger partial charge in [0.1, 0.15) is 0 Å². The van der Waals surface area contributed by atoms with Gasteiger partial charge in [0.2, 0.25) is 0 Å². The summed E-state index contributed by atoms with van der Waals surface area (Å²) < 4.78 is 28.9. The zero-order chi connectivity index (χ0) is 16.9. The Morgan fingerprint density at radius 3 is 2.61 bits per heavy atom. The summed E-state index contributed by atoms with van der Waals surface area (Å²) in [5.74, 6) is 0.0683. The van der Waals surface area contributed by atoms with Crippen molar-refractivity contribution >= 4 is 15.7 Å². The van der Waals surface area contributed by atoms with Crippen LogP contribution in [0.15, 0.2) is 29.2 Å². The third kappa shape index (κ3) is 4.53. The number of hydrogen-bond acceptors (Lipinski definition) is 5. The van der Waals surface area contributed by atoms with Crippen LogP contribution >= 0.6 is 0 Å². The minimum Gasteiger partial charge on any atom is -0.384 e. The van der Waals surface area contributed by atoms with Crippen molar-refractivity contribution in [3.8, 4) is 0 Å². The van der Waals surface area contributed by atoms with Gasteiger partial charge < -0.3 is 15.8 Å². The van der Waals surface area contributed by atoms with Crippen molar-refractivity contribution in [2.45, 2.75) is 30.2 Å². The third-order valence-electron chi connectivity index (χ3n) is 4.31. The van der Waals surface area contributed by atoms with E-state index in [9.17, 15) is 13.2 Å². The second kappa shape index (κ2) is 7.90. The first-order valence-electron chi connectivity index (χ1n) is 7.80. The first-order chi connectivity index (χ1) is 11.0. The van der Waals surface area contributed by atoms with Crippen LogP contribution in [0.4, 0.5) is 0 Å². The molecular weight excluding hydrogens is 316 g/mol. The zero-order valence-electron chi connectivity index (χ0n) is 13.3. The molecule has 0 bridgehead atoms. The number of methoxy groups -OCH3 is 1. The normalized spacial score (nSPS) is 21.3. The Morgan fingerprint density at radius 2 is 2.00 bits per heavy atom. The smallest absolute Gasteiger partial charge is 0.251 e. The summed E-state index contributed by atoms with van der Waals surface area (Å²) in [5.41, 5.74) is 6.17. The Balaban J connectivity index is 2.03. The van der Waals surface area contributed by atoms with Crippen LogP contribution in [-0.4, -0.2) is 46.4 Å². The largest absolute Gasteiger partial charge is 0.384 e. The van der Waals surface area contributed by atoms with Crippen molar-refractivity contribution in [2.75, 3.05) is 26.0 Å². The van der Waals surface area contributed by atoms with Gasteiger partial charge in [0.15, 0.2) is 9.84 Å². The lowest BCUT2D eigenvalue weighted by atomic mass is 10.0. The minimum atomic E-state index is -3.37. The number of nitrogens with two attached hydrogens (primary N) is 1. The predicted molar refractivity (Wildman–Crippen MR) is 88.0 cm³/mol. The molecule has 23 heavy (non-hydrogen) atoms. The lowest BCUT2D eigenvalue weighted by Crippen LogP contribution is -2.39. The highest BCUT2D eigenvalue weighted by Gasteiger charge is 2.27. The van der Waals surface area contributed by atoms with E-state index in [1.54, 1.807) is 12.1 Å². The maximum Gasteiger partial charge on any atom is 0.251 e. The van der Waals surface area contributed by atoms with E-state index in [-0.39, 0.29) is 29.2 Å². The van der Waals surface area contributed by atoms with Crippen molar-refractivity contribution < 1.29 is 17.9 Å². The predicted octanol–water partition coefficient (Wildman–Crippen LogP) is 0.964. The Morgan fingerprint density at radius 1 is 1.30 bits per heavy atom. The molecule has 2 atom stereocenters. The van der Waals surface area contributed by atoms with Gasteiger partial charge in [-0.3, -0.25) is 4.79 Å². The molecule has 0 spiro atoms. The lowest BCUT2D eigenvalue weighted by Gasteiger charge is -2.19. The molecule has 1 aromatic rings. The number of benzene rings is 1. The number of amides is 1. The first-order valence-corrected chi connectivity index (χ1v) is 9.46. The summed E-state index contributed by atoms with van der Waals surface area (Å²) in [6.45, 7) is 0.717. The molecule has 1 aromatic carbocycles. The van der Waals surface area contributed by atoms with E-state index >= 15 is 0 Å². The van der Waals surface area contributed by atoms with Gasteiger partial charge in [-0.05, 0) is 49.6 Å². The average Bonchev–Trinajstić information content (AvgIpc) is 3.00. The summed E-state index contributed by atoms with van der Waals surface area (Å²) in [7, 11) is -1.91. The van der Waals surface area contributed by atoms with Crippen molar-refractivity contribution in [1.29, 1.82) is 0 Å². The van der Waals surface area contributed by atoms with Crippen LogP contribution < -0.4 is 11.1 Å². The molecule has 0 heterocycles. The van der Waals surface area contributed by atoms with Crippen LogP contribution in [-0.2, 0) is 14.6 Å². The van der Waals surface area contributed by atoms with Crippen LogP contribution in [0.1, 0.15) is 29.6 Å². The number of carbonyl (C=O) groups excluding carboxylic acids is 1. The van der Waals surface area contributed by atoms with Gasteiger partial charge in [-0.15, -0.1) is 0 Å². The SMILES string of the molecule is COCCS(=O)(=O)c1ccc(C(=O)NC2CCCC2CN)cc1. The minimum absolute atomic E-state index is 0.0741. The Labute approximate surface area is 137 Å². The van der Waals surface area contributed by atoms with Gasteiger partial charge in [0.25, 0.3) is 5.91 Å². The topological polar surface area (TPSA) is 98.5 Å². The molecular formula is C16H24N2O4S. The first kappa shape index (κ1) is 17.9. The molecule has 0 saturated heterocycles. The van der Waals surface area contributed by atoms with E-state index in [1.165, 1.54) is 19.2 Å². The molecule has 1 fully saturated rings. The quantitative estimate of drug-likeness (QED) is 0.770. The van der Waals surface area contributed by atoms with Gasteiger partial charge in [-0.25, -0.2) is 8.42 Å². The molecule has 0 aliphatic heterocycles. The zero-order valence-corrected chi connectivity index (χ0v) is 14.1. The van der Waals surface area contributed by atoms with E-state index in [4.69, 9.17) is 10.5 Å². The highest BCUT2D eigenvalue weighted by Crippen LogP contribution is 2.25. The highest BCUT2D eigenvalue weighted by atomic mass is 32.2. The number of carbonyl (C=O) groups is 1. The second-order valence-electron chi connectivity index (χ2n) is 5.84. The molecule has 2 unspecified atom stereocenters. The highest BCUT2D eigenvalue weighted by molar-refractivity contribution is 7.91. The van der Waals surface area contributed by atoms with Crippen molar-refractivity contribution in [3.05, 3.63) is 29.8 Å². The molecule has 1 amide bonds. The van der Waals surface area contributed by atoms with Crippen LogP contribution in [0, 0.1) is 5.92 Å². The van der Waals surface area contributed by atoms with E-state index in [1.807, 2.05) is 0 Å². The molecule has 128 valence electrons. The molecule has 1 aliphatic rings. The summed E-state index contributed by atoms with van der Waals surface area (Å²) in [5, 5.41) is 3.00. The number of nitrogens with one attached hydrogen (secondary N) is 1. The standard InChI is InChI=1S/C16H24N2O4S/c1-22-9-10-23(20,21)14-7-5-12(6-8-14)16(19)18-15-4-2-3-13(15)11-17/h5-8,13,15H,2-4,9-11,17H2,1H3,(H,18,19). The second-order valence-corrected chi connectivity index (χ2v) is 7.95. The Hall–Kier alpha value is -1.44. The van der Waals surface area contributed by atoms with Gasteiger partial charge in [-0.2, -0.15) is 0 Å². The fourth-order valence-electron chi connectivity index (χ4n) is 2.89. The fraction of sp³-hybridized carbons (Fsp3) is 0.562. The van der Waals surface area contributed by atoms with Gasteiger partial charge >= 0.3 is 0 Å². The van der Waals surface area contributed by atoms with E-state index in [2.05, 4.69) is 5.32 Å². The van der Waals surface area contributed by atoms with E-state index < -0.39 is 9.84 Å². The molecule has 1 aliphatic carbocycles. The fourth-order valence-corrected chi connectivity index (χ4v) is 4.06. The lowest BCUT2D eigenvalue weighted by molar-refractivity contribution is 0.0928. The number of sulfone groups is 1. The molecule has 7 heteroatoms. The molecule has 1 saturated carbocycles. The van der Waals surface area contributed by atoms with Crippen LogP contribution in [0.5, 0.6) is 0 Å². The number of hydrogen-bond donors (Lipinski definition) is 2. The van der Waals surface area contributed by atoms with Crippen LogP contribution in [0.2, 0.25) is 0 Å². The Kier molecular flexibility index (Phi) is 6.15. The average molecular weight is 340 g/mol.